The van der Waals surface area contributed by atoms with E-state index in [2.05, 4.69) is 10.3 Å². The van der Waals surface area contributed by atoms with Crippen LogP contribution in [0.5, 0.6) is 5.75 Å². The number of amides is 1. The van der Waals surface area contributed by atoms with Crippen LogP contribution in [0.25, 0.3) is 0 Å². The summed E-state index contributed by atoms with van der Waals surface area (Å²) in [7, 11) is 0. The normalized spacial score (nSPS) is 18.1. The minimum atomic E-state index is -0.542. The highest BCUT2D eigenvalue weighted by Crippen LogP contribution is 2.22. The van der Waals surface area contributed by atoms with E-state index in [-0.39, 0.29) is 11.9 Å². The number of rotatable bonds is 7. The maximum Gasteiger partial charge on any atom is 0.263 e. The van der Waals surface area contributed by atoms with E-state index in [0.29, 0.717) is 6.54 Å². The van der Waals surface area contributed by atoms with Gasteiger partial charge in [-0.2, -0.15) is 0 Å². The third kappa shape index (κ3) is 5.72. The first kappa shape index (κ1) is 20.7. The van der Waals surface area contributed by atoms with Crippen molar-refractivity contribution in [3.8, 4) is 5.75 Å². The molecule has 1 aliphatic rings. The highest BCUT2D eigenvalue weighted by Gasteiger charge is 2.29. The zero-order chi connectivity index (χ0) is 19.8. The summed E-state index contributed by atoms with van der Waals surface area (Å²) in [4.78, 5) is 20.9. The second kappa shape index (κ2) is 10.5. The molecule has 0 spiro atoms. The Morgan fingerprint density at radius 1 is 1.25 bits per heavy atom. The van der Waals surface area contributed by atoms with E-state index in [0.717, 1.165) is 43.8 Å². The highest BCUT2D eigenvalue weighted by atomic mass is 32.2. The molecule has 28 heavy (non-hydrogen) atoms. The summed E-state index contributed by atoms with van der Waals surface area (Å²) in [6, 6.07) is 13.9. The molecule has 6 heteroatoms. The van der Waals surface area contributed by atoms with Crippen molar-refractivity contribution in [3.05, 3.63) is 54.4 Å². The number of carbonyl (C=O) groups is 1. The van der Waals surface area contributed by atoms with Gasteiger partial charge < -0.3 is 15.0 Å². The first-order valence-corrected chi connectivity index (χ1v) is 11.1. The predicted octanol–water partition coefficient (Wildman–Crippen LogP) is 3.74. The molecule has 1 amide bonds. The van der Waals surface area contributed by atoms with Crippen LogP contribution in [0.1, 0.15) is 31.9 Å². The van der Waals surface area contributed by atoms with Crippen LogP contribution in [0.3, 0.4) is 0 Å². The zero-order valence-electron chi connectivity index (χ0n) is 16.6. The molecule has 1 aromatic heterocycles. The van der Waals surface area contributed by atoms with Crippen LogP contribution in [0.2, 0.25) is 0 Å². The van der Waals surface area contributed by atoms with Crippen molar-refractivity contribution in [2.24, 2.45) is 0 Å². The van der Waals surface area contributed by atoms with E-state index in [9.17, 15) is 4.79 Å². The monoisotopic (exact) mass is 399 g/mol. The van der Waals surface area contributed by atoms with Crippen LogP contribution in [0.15, 0.2) is 53.6 Å². The topological polar surface area (TPSA) is 54.5 Å². The van der Waals surface area contributed by atoms with E-state index < -0.39 is 6.10 Å². The van der Waals surface area contributed by atoms with Gasteiger partial charge in [0.15, 0.2) is 6.10 Å². The summed E-state index contributed by atoms with van der Waals surface area (Å²) >= 11 is 1.69. The molecule has 1 saturated heterocycles. The molecular formula is C22H29N3O2S. The summed E-state index contributed by atoms with van der Waals surface area (Å²) in [5.41, 5.74) is 0.907. The molecule has 0 aliphatic carbocycles. The van der Waals surface area contributed by atoms with Crippen molar-refractivity contribution in [1.82, 2.24) is 15.2 Å². The number of benzene rings is 1. The average molecular weight is 400 g/mol. The molecule has 2 atom stereocenters. The van der Waals surface area contributed by atoms with Crippen molar-refractivity contribution >= 4 is 17.7 Å². The Morgan fingerprint density at radius 2 is 2.07 bits per heavy atom. The largest absolute Gasteiger partial charge is 0.481 e. The molecule has 1 N–H and O–H groups in total. The van der Waals surface area contributed by atoms with Gasteiger partial charge in [0.25, 0.3) is 5.91 Å². The Morgan fingerprint density at radius 3 is 2.79 bits per heavy atom. The number of hydrogen-bond donors (Lipinski definition) is 1. The van der Waals surface area contributed by atoms with Gasteiger partial charge in [-0.3, -0.25) is 9.78 Å². The van der Waals surface area contributed by atoms with Crippen molar-refractivity contribution in [2.75, 3.05) is 19.3 Å². The summed E-state index contributed by atoms with van der Waals surface area (Å²) in [5.74, 6) is 0.741. The number of thioether (sulfide) groups is 1. The second-order valence-corrected chi connectivity index (χ2v) is 7.94. The first-order valence-electron chi connectivity index (χ1n) is 9.89. The average Bonchev–Trinajstić information content (AvgIpc) is 3.02. The van der Waals surface area contributed by atoms with E-state index in [1.807, 2.05) is 60.5 Å². The van der Waals surface area contributed by atoms with Gasteiger partial charge in [0.2, 0.25) is 0 Å². The molecular weight excluding hydrogens is 370 g/mol. The number of ether oxygens (including phenoxy) is 1. The van der Waals surface area contributed by atoms with E-state index in [4.69, 9.17) is 4.74 Å². The first-order chi connectivity index (χ1) is 13.7. The van der Waals surface area contributed by atoms with Crippen molar-refractivity contribution in [1.29, 1.82) is 0 Å². The molecule has 0 bridgehead atoms. The zero-order valence-corrected chi connectivity index (χ0v) is 17.5. The second-order valence-electron chi connectivity index (χ2n) is 7.06. The Kier molecular flexibility index (Phi) is 7.74. The van der Waals surface area contributed by atoms with E-state index >= 15 is 0 Å². The smallest absolute Gasteiger partial charge is 0.263 e. The molecule has 1 aromatic carbocycles. The lowest BCUT2D eigenvalue weighted by molar-refractivity contribution is -0.141. The Bertz CT molecular complexity index is 731. The van der Waals surface area contributed by atoms with Gasteiger partial charge in [0.05, 0.1) is 12.2 Å². The molecule has 3 rings (SSSR count). The molecule has 150 valence electrons. The number of hydrogen-bond acceptors (Lipinski definition) is 5. The predicted molar refractivity (Wildman–Crippen MR) is 114 cm³/mol. The lowest BCUT2D eigenvalue weighted by atomic mass is 10.1. The van der Waals surface area contributed by atoms with Gasteiger partial charge in [-0.1, -0.05) is 6.07 Å². The summed E-state index contributed by atoms with van der Waals surface area (Å²) in [6.07, 6.45) is 6.30. The molecule has 2 unspecified atom stereocenters. The fourth-order valence-corrected chi connectivity index (χ4v) is 3.92. The van der Waals surface area contributed by atoms with Crippen LogP contribution < -0.4 is 10.1 Å². The van der Waals surface area contributed by atoms with Crippen molar-refractivity contribution < 1.29 is 9.53 Å². The fourth-order valence-electron chi connectivity index (χ4n) is 3.51. The van der Waals surface area contributed by atoms with E-state index in [1.165, 1.54) is 4.90 Å². The molecule has 0 saturated carbocycles. The van der Waals surface area contributed by atoms with Gasteiger partial charge in [-0.15, -0.1) is 11.8 Å². The maximum absolute atomic E-state index is 13.3. The fraction of sp³-hybridized carbons (Fsp3) is 0.455. The van der Waals surface area contributed by atoms with Crippen LogP contribution in [0.4, 0.5) is 0 Å². The van der Waals surface area contributed by atoms with E-state index in [1.54, 1.807) is 18.0 Å². The Hall–Kier alpha value is -2.05. The van der Waals surface area contributed by atoms with Crippen LogP contribution in [0, 0.1) is 0 Å². The number of nitrogens with zero attached hydrogens (tertiary/aromatic N) is 2. The quantitative estimate of drug-likeness (QED) is 0.719. The maximum atomic E-state index is 13.3. The number of aromatic nitrogens is 1. The number of pyridine rings is 1. The number of nitrogens with one attached hydrogen (secondary N) is 1. The van der Waals surface area contributed by atoms with Crippen molar-refractivity contribution in [2.45, 2.75) is 49.8 Å². The summed E-state index contributed by atoms with van der Waals surface area (Å²) < 4.78 is 5.98. The minimum absolute atomic E-state index is 0.0199. The molecule has 1 aliphatic heterocycles. The number of carbonyl (C=O) groups excluding carboxylic acids is 1. The molecule has 5 nitrogen and oxygen atoms in total. The van der Waals surface area contributed by atoms with Crippen LogP contribution in [-0.4, -0.2) is 47.3 Å². The molecule has 2 heterocycles. The van der Waals surface area contributed by atoms with Crippen LogP contribution >= 0.6 is 11.8 Å². The lowest BCUT2D eigenvalue weighted by Gasteiger charge is -2.33. The minimum Gasteiger partial charge on any atom is -0.481 e. The third-order valence-electron chi connectivity index (χ3n) is 5.05. The van der Waals surface area contributed by atoms with Crippen LogP contribution in [-0.2, 0) is 11.3 Å². The van der Waals surface area contributed by atoms with Gasteiger partial charge in [0, 0.05) is 17.1 Å². The highest BCUT2D eigenvalue weighted by molar-refractivity contribution is 7.98. The van der Waals surface area contributed by atoms with Gasteiger partial charge in [0.1, 0.15) is 5.75 Å². The Labute approximate surface area is 171 Å². The summed E-state index contributed by atoms with van der Waals surface area (Å²) in [5, 5.41) is 3.43. The molecule has 0 radical (unpaired) electrons. The van der Waals surface area contributed by atoms with Gasteiger partial charge >= 0.3 is 0 Å². The lowest BCUT2D eigenvalue weighted by Crippen LogP contribution is -2.46. The molecule has 1 fully saturated rings. The van der Waals surface area contributed by atoms with Crippen molar-refractivity contribution in [3.63, 3.8) is 0 Å². The van der Waals surface area contributed by atoms with Gasteiger partial charge in [-0.05, 0) is 81.9 Å². The SMILES string of the molecule is CSc1ccc(OC(C)C(=O)N(Cc2ccccn2)C2CCCNCC2)cc1. The standard InChI is InChI=1S/C22H29N3O2S/c1-17(27-20-8-10-21(28-2)11-9-20)22(26)25(16-18-6-3-4-14-24-18)19-7-5-13-23-15-12-19/h3-4,6,8-11,14,17,19,23H,5,7,12-13,15-16H2,1-2H3. The summed E-state index contributed by atoms with van der Waals surface area (Å²) in [6.45, 7) is 4.30. The Balaban J connectivity index is 1.73. The molecule has 2 aromatic rings. The van der Waals surface area contributed by atoms with Gasteiger partial charge in [-0.25, -0.2) is 0 Å². The third-order valence-corrected chi connectivity index (χ3v) is 5.79.